The second kappa shape index (κ2) is 5.75. The zero-order valence-corrected chi connectivity index (χ0v) is 14.3. The molecule has 1 aromatic carbocycles. The number of hydrogen-bond acceptors (Lipinski definition) is 5. The van der Waals surface area contributed by atoms with E-state index in [0.717, 1.165) is 42.7 Å². The number of thiazole rings is 2. The van der Waals surface area contributed by atoms with Gasteiger partial charge in [0.05, 0.1) is 21.3 Å². The van der Waals surface area contributed by atoms with Gasteiger partial charge in [-0.2, -0.15) is 0 Å². The van der Waals surface area contributed by atoms with Crippen LogP contribution in [0.1, 0.15) is 16.3 Å². The fourth-order valence-corrected chi connectivity index (χ4v) is 3.91. The van der Waals surface area contributed by atoms with Gasteiger partial charge in [-0.3, -0.25) is 0 Å². The molecular formula is C15H14ClN3S2. The summed E-state index contributed by atoms with van der Waals surface area (Å²) in [6.07, 6.45) is 0. The van der Waals surface area contributed by atoms with Gasteiger partial charge >= 0.3 is 0 Å². The molecule has 0 atom stereocenters. The average molecular weight is 336 g/mol. The zero-order valence-electron chi connectivity index (χ0n) is 11.9. The minimum absolute atomic E-state index is 0.755. The lowest BCUT2D eigenvalue weighted by Crippen LogP contribution is -1.93. The molecule has 0 saturated heterocycles. The molecule has 0 aliphatic rings. The predicted octanol–water partition coefficient (Wildman–Crippen LogP) is 5.59. The fraction of sp³-hybridized carbons (Fsp3) is 0.200. The van der Waals surface area contributed by atoms with Crippen LogP contribution in [0.2, 0.25) is 5.02 Å². The van der Waals surface area contributed by atoms with Gasteiger partial charge in [-0.05, 0) is 38.5 Å². The molecule has 3 aromatic rings. The summed E-state index contributed by atoms with van der Waals surface area (Å²) in [5.41, 5.74) is 4.03. The van der Waals surface area contributed by atoms with Gasteiger partial charge in [0.25, 0.3) is 0 Å². The Balaban J connectivity index is 1.89. The first-order valence-electron chi connectivity index (χ1n) is 6.46. The van der Waals surface area contributed by atoms with Crippen molar-refractivity contribution in [3.63, 3.8) is 0 Å². The van der Waals surface area contributed by atoms with E-state index < -0.39 is 0 Å². The van der Waals surface area contributed by atoms with Gasteiger partial charge in [0.1, 0.15) is 0 Å². The SMILES string of the molecule is Cc1nc(C)c(-c2csc(Nc3cccc(Cl)c3C)n2)s1. The van der Waals surface area contributed by atoms with Crippen LogP contribution in [0.3, 0.4) is 0 Å². The molecule has 0 fully saturated rings. The molecule has 0 spiro atoms. The molecule has 0 unspecified atom stereocenters. The molecule has 1 N–H and O–H groups in total. The van der Waals surface area contributed by atoms with Gasteiger partial charge in [-0.25, -0.2) is 9.97 Å². The summed E-state index contributed by atoms with van der Waals surface area (Å²) in [6.45, 7) is 6.03. The Kier molecular flexibility index (Phi) is 3.97. The first-order valence-corrected chi connectivity index (χ1v) is 8.54. The average Bonchev–Trinajstić information content (AvgIpc) is 3.01. The highest BCUT2D eigenvalue weighted by atomic mass is 35.5. The summed E-state index contributed by atoms with van der Waals surface area (Å²) in [6, 6.07) is 5.83. The van der Waals surface area contributed by atoms with Crippen LogP contribution in [-0.4, -0.2) is 9.97 Å². The van der Waals surface area contributed by atoms with E-state index in [9.17, 15) is 0 Å². The van der Waals surface area contributed by atoms with Crippen molar-refractivity contribution in [3.05, 3.63) is 44.9 Å². The van der Waals surface area contributed by atoms with E-state index in [4.69, 9.17) is 11.6 Å². The quantitative estimate of drug-likeness (QED) is 0.678. The number of nitrogens with one attached hydrogen (secondary N) is 1. The van der Waals surface area contributed by atoms with Gasteiger partial charge in [-0.1, -0.05) is 17.7 Å². The van der Waals surface area contributed by atoms with Crippen LogP contribution in [0.5, 0.6) is 0 Å². The summed E-state index contributed by atoms with van der Waals surface area (Å²) >= 11 is 9.40. The zero-order chi connectivity index (χ0) is 15.0. The van der Waals surface area contributed by atoms with E-state index in [1.807, 2.05) is 39.0 Å². The molecular weight excluding hydrogens is 322 g/mol. The molecule has 3 nitrogen and oxygen atoms in total. The van der Waals surface area contributed by atoms with Crippen molar-refractivity contribution in [1.29, 1.82) is 0 Å². The standard InChI is InChI=1S/C15H14ClN3S2/c1-8-11(16)5-4-6-12(8)18-15-19-13(7-20-15)14-9(2)17-10(3)21-14/h4-7H,1-3H3,(H,18,19). The summed E-state index contributed by atoms with van der Waals surface area (Å²) in [4.78, 5) is 10.2. The van der Waals surface area contributed by atoms with Crippen molar-refractivity contribution in [2.45, 2.75) is 20.8 Å². The van der Waals surface area contributed by atoms with Crippen molar-refractivity contribution < 1.29 is 0 Å². The highest BCUT2D eigenvalue weighted by Crippen LogP contribution is 2.34. The number of hydrogen-bond donors (Lipinski definition) is 1. The summed E-state index contributed by atoms with van der Waals surface area (Å²) in [5.74, 6) is 0. The lowest BCUT2D eigenvalue weighted by Gasteiger charge is -2.07. The Hall–Kier alpha value is -1.43. The highest BCUT2D eigenvalue weighted by Gasteiger charge is 2.12. The number of aryl methyl sites for hydroxylation is 2. The van der Waals surface area contributed by atoms with Crippen LogP contribution in [0.25, 0.3) is 10.6 Å². The van der Waals surface area contributed by atoms with Crippen molar-refractivity contribution in [2.24, 2.45) is 0 Å². The molecule has 2 heterocycles. The maximum absolute atomic E-state index is 6.14. The molecule has 0 saturated carbocycles. The number of halogens is 1. The molecule has 0 radical (unpaired) electrons. The lowest BCUT2D eigenvalue weighted by molar-refractivity contribution is 1.20. The molecule has 0 aliphatic heterocycles. The van der Waals surface area contributed by atoms with E-state index in [-0.39, 0.29) is 0 Å². The third-order valence-electron chi connectivity index (χ3n) is 3.15. The Bertz CT molecular complexity index is 792. The topological polar surface area (TPSA) is 37.8 Å². The van der Waals surface area contributed by atoms with Crippen LogP contribution >= 0.6 is 34.3 Å². The predicted molar refractivity (Wildman–Crippen MR) is 92.2 cm³/mol. The van der Waals surface area contributed by atoms with Gasteiger partial charge in [0.2, 0.25) is 0 Å². The number of anilines is 2. The van der Waals surface area contributed by atoms with E-state index in [0.29, 0.717) is 0 Å². The van der Waals surface area contributed by atoms with E-state index in [2.05, 4.69) is 20.7 Å². The third-order valence-corrected chi connectivity index (χ3v) is 5.41. The Morgan fingerprint density at radius 1 is 1.14 bits per heavy atom. The van der Waals surface area contributed by atoms with Crippen LogP contribution in [0.15, 0.2) is 23.6 Å². The van der Waals surface area contributed by atoms with Gasteiger partial charge in [0.15, 0.2) is 5.13 Å². The lowest BCUT2D eigenvalue weighted by atomic mass is 10.2. The van der Waals surface area contributed by atoms with Crippen LogP contribution in [0.4, 0.5) is 10.8 Å². The van der Waals surface area contributed by atoms with Crippen molar-refractivity contribution in [2.75, 3.05) is 5.32 Å². The maximum atomic E-state index is 6.14. The molecule has 2 aromatic heterocycles. The summed E-state index contributed by atoms with van der Waals surface area (Å²) in [7, 11) is 0. The molecule has 108 valence electrons. The van der Waals surface area contributed by atoms with E-state index in [1.54, 1.807) is 22.7 Å². The number of rotatable bonds is 3. The fourth-order valence-electron chi connectivity index (χ4n) is 2.06. The Labute approximate surface area is 136 Å². The monoisotopic (exact) mass is 335 g/mol. The summed E-state index contributed by atoms with van der Waals surface area (Å²) < 4.78 is 0. The Morgan fingerprint density at radius 2 is 1.95 bits per heavy atom. The molecule has 0 amide bonds. The second-order valence-corrected chi connectivity index (χ2v) is 7.19. The van der Waals surface area contributed by atoms with Crippen molar-refractivity contribution in [3.8, 4) is 10.6 Å². The van der Waals surface area contributed by atoms with Gasteiger partial charge in [-0.15, -0.1) is 22.7 Å². The molecule has 21 heavy (non-hydrogen) atoms. The highest BCUT2D eigenvalue weighted by molar-refractivity contribution is 7.16. The van der Waals surface area contributed by atoms with Crippen LogP contribution in [-0.2, 0) is 0 Å². The maximum Gasteiger partial charge on any atom is 0.187 e. The molecule has 0 aliphatic carbocycles. The van der Waals surface area contributed by atoms with Crippen molar-refractivity contribution in [1.82, 2.24) is 9.97 Å². The largest absolute Gasteiger partial charge is 0.331 e. The Morgan fingerprint density at radius 3 is 2.67 bits per heavy atom. The normalized spacial score (nSPS) is 10.9. The second-order valence-electron chi connectivity index (χ2n) is 4.72. The third kappa shape index (κ3) is 2.95. The molecule has 3 rings (SSSR count). The van der Waals surface area contributed by atoms with Crippen molar-refractivity contribution >= 4 is 45.1 Å². The first kappa shape index (κ1) is 14.5. The minimum Gasteiger partial charge on any atom is -0.331 e. The number of nitrogens with zero attached hydrogens (tertiary/aromatic N) is 2. The van der Waals surface area contributed by atoms with E-state index in [1.165, 1.54) is 0 Å². The smallest absolute Gasteiger partial charge is 0.187 e. The number of aromatic nitrogens is 2. The first-order chi connectivity index (χ1) is 10.0. The molecule has 0 bridgehead atoms. The minimum atomic E-state index is 0.755. The van der Waals surface area contributed by atoms with Crippen LogP contribution < -0.4 is 5.32 Å². The van der Waals surface area contributed by atoms with Gasteiger partial charge in [0, 0.05) is 16.1 Å². The van der Waals surface area contributed by atoms with Gasteiger partial charge < -0.3 is 5.32 Å². The number of benzene rings is 1. The van der Waals surface area contributed by atoms with E-state index >= 15 is 0 Å². The summed E-state index contributed by atoms with van der Waals surface area (Å²) in [5, 5.41) is 8.08. The van der Waals surface area contributed by atoms with Crippen LogP contribution in [0, 0.1) is 20.8 Å². The molecule has 6 heteroatoms.